The third kappa shape index (κ3) is 4.70. The maximum absolute atomic E-state index is 5.98. The van der Waals surface area contributed by atoms with E-state index in [0.29, 0.717) is 25.2 Å². The van der Waals surface area contributed by atoms with Gasteiger partial charge in [0.05, 0.1) is 6.54 Å². The van der Waals surface area contributed by atoms with Crippen LogP contribution in [0.1, 0.15) is 18.4 Å². The number of guanidine groups is 1. The number of benzene rings is 1. The Morgan fingerprint density at radius 3 is 2.85 bits per heavy atom. The molecule has 0 saturated heterocycles. The third-order valence-corrected chi connectivity index (χ3v) is 3.20. The molecule has 1 fully saturated rings. The molecule has 1 saturated carbocycles. The van der Waals surface area contributed by atoms with Crippen LogP contribution in [0.5, 0.6) is 5.75 Å². The number of rotatable bonds is 6. The van der Waals surface area contributed by atoms with E-state index in [9.17, 15) is 0 Å². The van der Waals surface area contributed by atoms with E-state index in [1.54, 1.807) is 6.08 Å². The quantitative estimate of drug-likeness (QED) is 0.354. The second-order valence-corrected chi connectivity index (χ2v) is 4.72. The standard InChI is InChI=1S/C15H21N3O.HI/c1-3-10-19-14-7-5-4-6-12(14)11-17-15(16)18(2)13-8-9-13;/h3-7,13H,1,8-11H2,2H3,(H2,16,17);1H. The SMILES string of the molecule is C=CCOc1ccccc1CN=C(N)N(C)C1CC1.I. The number of aliphatic imine (C=N–C) groups is 1. The Bertz CT molecular complexity index is 472. The zero-order valence-corrected chi connectivity index (χ0v) is 14.1. The molecule has 0 radical (unpaired) electrons. The first-order chi connectivity index (χ1) is 9.22. The molecule has 0 atom stereocenters. The van der Waals surface area contributed by atoms with Gasteiger partial charge >= 0.3 is 0 Å². The molecule has 2 N–H and O–H groups in total. The predicted molar refractivity (Wildman–Crippen MR) is 93.7 cm³/mol. The van der Waals surface area contributed by atoms with Crippen molar-refractivity contribution in [2.45, 2.75) is 25.4 Å². The molecule has 110 valence electrons. The van der Waals surface area contributed by atoms with E-state index in [0.717, 1.165) is 11.3 Å². The molecule has 20 heavy (non-hydrogen) atoms. The number of halogens is 1. The number of nitrogens with zero attached hydrogens (tertiary/aromatic N) is 2. The summed E-state index contributed by atoms with van der Waals surface area (Å²) >= 11 is 0. The maximum Gasteiger partial charge on any atom is 0.191 e. The second kappa shape index (κ2) is 8.14. The van der Waals surface area contributed by atoms with E-state index in [1.807, 2.05) is 36.2 Å². The van der Waals surface area contributed by atoms with E-state index in [1.165, 1.54) is 12.8 Å². The Labute approximate surface area is 137 Å². The molecule has 4 nitrogen and oxygen atoms in total. The molecule has 1 aromatic rings. The lowest BCUT2D eigenvalue weighted by atomic mass is 10.2. The Morgan fingerprint density at radius 1 is 1.50 bits per heavy atom. The number of hydrogen-bond acceptors (Lipinski definition) is 2. The van der Waals surface area contributed by atoms with Crippen LogP contribution in [-0.4, -0.2) is 30.6 Å². The van der Waals surface area contributed by atoms with E-state index in [2.05, 4.69) is 11.6 Å². The minimum atomic E-state index is 0. The molecule has 1 aromatic carbocycles. The van der Waals surface area contributed by atoms with Gasteiger partial charge in [-0.25, -0.2) is 4.99 Å². The van der Waals surface area contributed by atoms with Gasteiger partial charge < -0.3 is 15.4 Å². The van der Waals surface area contributed by atoms with E-state index in [4.69, 9.17) is 10.5 Å². The highest BCUT2D eigenvalue weighted by atomic mass is 127. The topological polar surface area (TPSA) is 50.9 Å². The van der Waals surface area contributed by atoms with Crippen molar-refractivity contribution in [2.75, 3.05) is 13.7 Å². The average Bonchev–Trinajstić information content (AvgIpc) is 3.27. The van der Waals surface area contributed by atoms with Crippen LogP contribution in [-0.2, 0) is 6.54 Å². The molecular weight excluding hydrogens is 365 g/mol. The highest BCUT2D eigenvalue weighted by Gasteiger charge is 2.27. The van der Waals surface area contributed by atoms with Crippen LogP contribution in [0, 0.1) is 0 Å². The molecule has 0 unspecified atom stereocenters. The predicted octanol–water partition coefficient (Wildman–Crippen LogP) is 2.78. The summed E-state index contributed by atoms with van der Waals surface area (Å²) in [6.45, 7) is 4.69. The molecule has 1 aliphatic rings. The molecule has 0 amide bonds. The van der Waals surface area contributed by atoms with Crippen molar-refractivity contribution in [1.29, 1.82) is 0 Å². The van der Waals surface area contributed by atoms with Gasteiger partial charge in [-0.1, -0.05) is 30.9 Å². The fourth-order valence-corrected chi connectivity index (χ4v) is 1.85. The number of hydrogen-bond donors (Lipinski definition) is 1. The van der Waals surface area contributed by atoms with Crippen molar-refractivity contribution in [3.05, 3.63) is 42.5 Å². The van der Waals surface area contributed by atoms with Crippen molar-refractivity contribution in [3.63, 3.8) is 0 Å². The lowest BCUT2D eigenvalue weighted by Gasteiger charge is -2.17. The molecule has 0 aliphatic heterocycles. The zero-order valence-electron chi connectivity index (χ0n) is 11.8. The van der Waals surface area contributed by atoms with Gasteiger partial charge in [0.15, 0.2) is 5.96 Å². The first kappa shape index (κ1) is 16.8. The van der Waals surface area contributed by atoms with E-state index < -0.39 is 0 Å². The molecular formula is C15H22IN3O. The van der Waals surface area contributed by atoms with Gasteiger partial charge in [-0.3, -0.25) is 0 Å². The molecule has 0 spiro atoms. The number of ether oxygens (including phenoxy) is 1. The van der Waals surface area contributed by atoms with Crippen LogP contribution < -0.4 is 10.5 Å². The minimum Gasteiger partial charge on any atom is -0.489 e. The van der Waals surface area contributed by atoms with Gasteiger partial charge in [0.1, 0.15) is 12.4 Å². The molecule has 2 rings (SSSR count). The van der Waals surface area contributed by atoms with Gasteiger partial charge in [-0.15, -0.1) is 24.0 Å². The fourth-order valence-electron chi connectivity index (χ4n) is 1.85. The van der Waals surface area contributed by atoms with Crippen molar-refractivity contribution >= 4 is 29.9 Å². The lowest BCUT2D eigenvalue weighted by Crippen LogP contribution is -2.35. The van der Waals surface area contributed by atoms with Crippen LogP contribution in [0.25, 0.3) is 0 Å². The van der Waals surface area contributed by atoms with Crippen LogP contribution in [0.3, 0.4) is 0 Å². The normalized spacial score (nSPS) is 14.3. The average molecular weight is 387 g/mol. The summed E-state index contributed by atoms with van der Waals surface area (Å²) in [7, 11) is 2.00. The summed E-state index contributed by atoms with van der Waals surface area (Å²) in [5.74, 6) is 1.44. The molecule has 0 bridgehead atoms. The van der Waals surface area contributed by atoms with Crippen LogP contribution in [0.4, 0.5) is 0 Å². The Morgan fingerprint density at radius 2 is 2.20 bits per heavy atom. The van der Waals surface area contributed by atoms with Crippen molar-refractivity contribution in [3.8, 4) is 5.75 Å². The second-order valence-electron chi connectivity index (χ2n) is 4.72. The summed E-state index contributed by atoms with van der Waals surface area (Å²) < 4.78 is 5.60. The maximum atomic E-state index is 5.98. The van der Waals surface area contributed by atoms with Crippen molar-refractivity contribution in [1.82, 2.24) is 4.90 Å². The Balaban J connectivity index is 0.00000200. The smallest absolute Gasteiger partial charge is 0.191 e. The van der Waals surface area contributed by atoms with Gasteiger partial charge in [-0.2, -0.15) is 0 Å². The number of para-hydroxylation sites is 1. The summed E-state index contributed by atoms with van der Waals surface area (Å²) in [5, 5.41) is 0. The van der Waals surface area contributed by atoms with Gasteiger partial charge in [0.25, 0.3) is 0 Å². The molecule has 0 aromatic heterocycles. The highest BCUT2D eigenvalue weighted by molar-refractivity contribution is 14.0. The molecule has 5 heteroatoms. The fraction of sp³-hybridized carbons (Fsp3) is 0.400. The zero-order chi connectivity index (χ0) is 13.7. The first-order valence-corrected chi connectivity index (χ1v) is 6.56. The Hall–Kier alpha value is -1.24. The van der Waals surface area contributed by atoms with Gasteiger partial charge in [-0.05, 0) is 18.9 Å². The number of nitrogens with two attached hydrogens (primary N) is 1. The molecule has 0 heterocycles. The molecule has 1 aliphatic carbocycles. The Kier molecular flexibility index (Phi) is 6.84. The van der Waals surface area contributed by atoms with E-state index in [-0.39, 0.29) is 24.0 Å². The van der Waals surface area contributed by atoms with Gasteiger partial charge in [0.2, 0.25) is 0 Å². The first-order valence-electron chi connectivity index (χ1n) is 6.56. The monoisotopic (exact) mass is 387 g/mol. The van der Waals surface area contributed by atoms with Crippen molar-refractivity contribution in [2.24, 2.45) is 10.7 Å². The third-order valence-electron chi connectivity index (χ3n) is 3.20. The summed E-state index contributed by atoms with van der Waals surface area (Å²) in [5.41, 5.74) is 7.01. The summed E-state index contributed by atoms with van der Waals surface area (Å²) in [6, 6.07) is 8.45. The van der Waals surface area contributed by atoms with Crippen LogP contribution in [0.15, 0.2) is 41.9 Å². The summed E-state index contributed by atoms with van der Waals surface area (Å²) in [4.78, 5) is 6.49. The van der Waals surface area contributed by atoms with Crippen LogP contribution in [0.2, 0.25) is 0 Å². The largest absolute Gasteiger partial charge is 0.489 e. The van der Waals surface area contributed by atoms with Crippen molar-refractivity contribution < 1.29 is 4.74 Å². The minimum absolute atomic E-state index is 0. The summed E-state index contributed by atoms with van der Waals surface area (Å²) in [6.07, 6.45) is 4.16. The lowest BCUT2D eigenvalue weighted by molar-refractivity contribution is 0.359. The van der Waals surface area contributed by atoms with E-state index >= 15 is 0 Å². The highest BCUT2D eigenvalue weighted by Crippen LogP contribution is 2.25. The van der Waals surface area contributed by atoms with Gasteiger partial charge in [0, 0.05) is 18.7 Å². The van der Waals surface area contributed by atoms with Crippen LogP contribution >= 0.6 is 24.0 Å².